The zero-order valence-corrected chi connectivity index (χ0v) is 22.0. The van der Waals surface area contributed by atoms with Crippen molar-refractivity contribution in [2.24, 2.45) is 0 Å². The van der Waals surface area contributed by atoms with Crippen LogP contribution in [0.2, 0.25) is 0 Å². The number of rotatable bonds is 8. The predicted molar refractivity (Wildman–Crippen MR) is 139 cm³/mol. The molecule has 0 spiro atoms. The predicted octanol–water partition coefficient (Wildman–Crippen LogP) is 4.99. The fourth-order valence-electron chi connectivity index (χ4n) is 4.02. The Balaban J connectivity index is 1.67. The van der Waals surface area contributed by atoms with Crippen LogP contribution < -0.4 is 14.8 Å². The van der Waals surface area contributed by atoms with Crippen molar-refractivity contribution in [2.45, 2.75) is 19.6 Å². The van der Waals surface area contributed by atoms with Crippen molar-refractivity contribution in [1.82, 2.24) is 24.9 Å². The highest BCUT2D eigenvalue weighted by atomic mass is 19.4. The van der Waals surface area contributed by atoms with E-state index in [1.165, 1.54) is 18.9 Å². The van der Waals surface area contributed by atoms with E-state index in [1.54, 1.807) is 61.9 Å². The summed E-state index contributed by atoms with van der Waals surface area (Å²) in [5.74, 6) is 0.114. The minimum absolute atomic E-state index is 0.0788. The van der Waals surface area contributed by atoms with Gasteiger partial charge in [-0.05, 0) is 56.9 Å². The van der Waals surface area contributed by atoms with Gasteiger partial charge in [0.15, 0.2) is 0 Å². The lowest BCUT2D eigenvalue weighted by molar-refractivity contribution is -0.137. The van der Waals surface area contributed by atoms with Crippen LogP contribution in [0.5, 0.6) is 11.5 Å². The second kappa shape index (κ2) is 11.1. The molecule has 4 rings (SSSR count). The van der Waals surface area contributed by atoms with E-state index in [4.69, 9.17) is 9.47 Å². The fraction of sp³-hybridized carbons (Fsp3) is 0.259. The monoisotopic (exact) mass is 540 g/mol. The van der Waals surface area contributed by atoms with Gasteiger partial charge in [-0.2, -0.15) is 13.2 Å². The van der Waals surface area contributed by atoms with Gasteiger partial charge in [0.2, 0.25) is 0 Å². The van der Waals surface area contributed by atoms with E-state index >= 15 is 0 Å². The Bertz CT molecular complexity index is 1500. The SMILES string of the molecule is COc1cncc(-c2cn(-c3cc(C(=O)Nc4cc(C(F)(F)F)cc(CN(C)C)c4OC)ccc3C)nn2)c1. The number of hydrogen-bond donors (Lipinski definition) is 1. The summed E-state index contributed by atoms with van der Waals surface area (Å²) in [4.78, 5) is 19.1. The maximum absolute atomic E-state index is 13.6. The van der Waals surface area contributed by atoms with Gasteiger partial charge in [0.05, 0.1) is 43.6 Å². The number of benzene rings is 2. The van der Waals surface area contributed by atoms with Crippen LogP contribution in [0.3, 0.4) is 0 Å². The summed E-state index contributed by atoms with van der Waals surface area (Å²) in [6.07, 6.45) is 0.278. The largest absolute Gasteiger partial charge is 0.495 e. The summed E-state index contributed by atoms with van der Waals surface area (Å²) in [6.45, 7) is 2.02. The normalized spacial score (nSPS) is 11.5. The van der Waals surface area contributed by atoms with Crippen LogP contribution in [0.1, 0.15) is 27.0 Å². The number of alkyl halides is 3. The third kappa shape index (κ3) is 6.17. The Morgan fingerprint density at radius 3 is 2.51 bits per heavy atom. The lowest BCUT2D eigenvalue weighted by Crippen LogP contribution is -2.18. The molecule has 0 aliphatic rings. The molecule has 9 nitrogen and oxygen atoms in total. The lowest BCUT2D eigenvalue weighted by atomic mass is 10.1. The van der Waals surface area contributed by atoms with Gasteiger partial charge in [-0.1, -0.05) is 11.3 Å². The smallest absolute Gasteiger partial charge is 0.416 e. The molecule has 0 fully saturated rings. The number of aryl methyl sites for hydroxylation is 1. The number of amides is 1. The molecule has 0 unspecified atom stereocenters. The van der Waals surface area contributed by atoms with Crippen LogP contribution in [-0.2, 0) is 12.7 Å². The minimum Gasteiger partial charge on any atom is -0.495 e. The average molecular weight is 541 g/mol. The highest BCUT2D eigenvalue weighted by Crippen LogP contribution is 2.38. The lowest BCUT2D eigenvalue weighted by Gasteiger charge is -2.20. The van der Waals surface area contributed by atoms with Crippen molar-refractivity contribution in [2.75, 3.05) is 33.6 Å². The van der Waals surface area contributed by atoms with Gasteiger partial charge < -0.3 is 19.7 Å². The van der Waals surface area contributed by atoms with Gasteiger partial charge >= 0.3 is 6.18 Å². The van der Waals surface area contributed by atoms with Crippen LogP contribution in [0.4, 0.5) is 18.9 Å². The van der Waals surface area contributed by atoms with Gasteiger partial charge in [-0.15, -0.1) is 5.10 Å². The zero-order valence-electron chi connectivity index (χ0n) is 22.0. The first-order chi connectivity index (χ1) is 18.5. The Kier molecular flexibility index (Phi) is 7.86. The maximum atomic E-state index is 13.6. The molecule has 4 aromatic rings. The van der Waals surface area contributed by atoms with Crippen LogP contribution >= 0.6 is 0 Å². The van der Waals surface area contributed by atoms with Crippen molar-refractivity contribution in [3.63, 3.8) is 0 Å². The highest BCUT2D eigenvalue weighted by Gasteiger charge is 2.33. The molecule has 0 saturated heterocycles. The number of carbonyl (C=O) groups is 1. The first-order valence-corrected chi connectivity index (χ1v) is 11.8. The quantitative estimate of drug-likeness (QED) is 0.337. The van der Waals surface area contributed by atoms with Gasteiger partial charge in [0, 0.05) is 29.4 Å². The Hall–Kier alpha value is -4.45. The standard InChI is InChI=1S/C27H27F3N6O3/c1-16-6-7-17(10-24(16)36-15-23(33-34-36)18-9-21(38-4)13-31-12-18)26(37)32-22-11-20(27(28,29)30)8-19(14-35(2)3)25(22)39-5/h6-13,15H,14H2,1-5H3,(H,32,37). The number of carbonyl (C=O) groups excluding carboxylic acids is 1. The first-order valence-electron chi connectivity index (χ1n) is 11.8. The molecule has 2 aromatic carbocycles. The number of aromatic nitrogens is 4. The Morgan fingerprint density at radius 2 is 1.85 bits per heavy atom. The molecule has 0 atom stereocenters. The molecule has 0 saturated carbocycles. The maximum Gasteiger partial charge on any atom is 0.416 e. The topological polar surface area (TPSA) is 94.4 Å². The molecular weight excluding hydrogens is 513 g/mol. The van der Waals surface area contributed by atoms with E-state index in [0.717, 1.165) is 17.7 Å². The Labute approximate surface area is 223 Å². The fourth-order valence-corrected chi connectivity index (χ4v) is 4.02. The van der Waals surface area contributed by atoms with Crippen LogP contribution in [-0.4, -0.2) is 59.1 Å². The molecular formula is C27H27F3N6O3. The van der Waals surface area contributed by atoms with Gasteiger partial charge in [0.25, 0.3) is 5.91 Å². The zero-order chi connectivity index (χ0) is 28.3. The minimum atomic E-state index is -4.60. The highest BCUT2D eigenvalue weighted by molar-refractivity contribution is 6.05. The molecule has 204 valence electrons. The van der Waals surface area contributed by atoms with Crippen LogP contribution in [0, 0.1) is 6.92 Å². The van der Waals surface area contributed by atoms with E-state index in [0.29, 0.717) is 28.3 Å². The molecule has 39 heavy (non-hydrogen) atoms. The molecule has 2 heterocycles. The van der Waals surface area contributed by atoms with Crippen molar-refractivity contribution in [3.05, 3.63) is 77.2 Å². The molecule has 0 aliphatic heterocycles. The summed E-state index contributed by atoms with van der Waals surface area (Å²) in [7, 11) is 6.34. The van der Waals surface area contributed by atoms with E-state index in [9.17, 15) is 18.0 Å². The van der Waals surface area contributed by atoms with Gasteiger partial charge in [0.1, 0.15) is 17.2 Å². The van der Waals surface area contributed by atoms with Crippen LogP contribution in [0.25, 0.3) is 16.9 Å². The van der Waals surface area contributed by atoms with E-state index in [2.05, 4.69) is 20.6 Å². The van der Waals surface area contributed by atoms with E-state index in [1.807, 2.05) is 6.92 Å². The van der Waals surface area contributed by atoms with E-state index in [-0.39, 0.29) is 23.5 Å². The number of anilines is 1. The number of methoxy groups -OCH3 is 2. The molecule has 12 heteroatoms. The molecule has 2 aromatic heterocycles. The summed E-state index contributed by atoms with van der Waals surface area (Å²) in [5.41, 5.74) is 2.14. The number of pyridine rings is 1. The average Bonchev–Trinajstić information content (AvgIpc) is 3.38. The van der Waals surface area contributed by atoms with E-state index < -0.39 is 17.6 Å². The van der Waals surface area contributed by atoms with Crippen molar-refractivity contribution in [1.29, 1.82) is 0 Å². The second-order valence-electron chi connectivity index (χ2n) is 9.07. The molecule has 0 radical (unpaired) electrons. The van der Waals surface area contributed by atoms with Gasteiger partial charge in [-0.3, -0.25) is 9.78 Å². The summed E-state index contributed by atoms with van der Waals surface area (Å²) >= 11 is 0. The number of nitrogens with one attached hydrogen (secondary N) is 1. The number of hydrogen-bond acceptors (Lipinski definition) is 7. The molecule has 0 bridgehead atoms. The van der Waals surface area contributed by atoms with Crippen molar-refractivity contribution < 1.29 is 27.4 Å². The Morgan fingerprint density at radius 1 is 1.08 bits per heavy atom. The molecule has 0 aliphatic carbocycles. The molecule has 1 N–H and O–H groups in total. The molecule has 1 amide bonds. The third-order valence-electron chi connectivity index (χ3n) is 5.89. The number of ether oxygens (including phenoxy) is 2. The first kappa shape index (κ1) is 27.6. The summed E-state index contributed by atoms with van der Waals surface area (Å²) in [5, 5.41) is 11.0. The van der Waals surface area contributed by atoms with Crippen molar-refractivity contribution >= 4 is 11.6 Å². The van der Waals surface area contributed by atoms with Crippen LogP contribution in [0.15, 0.2) is 55.0 Å². The number of nitrogens with zero attached hydrogens (tertiary/aromatic N) is 5. The number of halogens is 3. The van der Waals surface area contributed by atoms with Gasteiger partial charge in [-0.25, -0.2) is 4.68 Å². The summed E-state index contributed by atoms with van der Waals surface area (Å²) < 4.78 is 53.1. The van der Waals surface area contributed by atoms with Crippen molar-refractivity contribution in [3.8, 4) is 28.4 Å². The summed E-state index contributed by atoms with van der Waals surface area (Å²) in [6, 6.07) is 8.56. The second-order valence-corrected chi connectivity index (χ2v) is 9.07. The third-order valence-corrected chi connectivity index (χ3v) is 5.89.